The van der Waals surface area contributed by atoms with Crippen LogP contribution in [0.4, 0.5) is 5.82 Å². The first-order chi connectivity index (χ1) is 9.16. The SMILES string of the molecule is Nc1noc(-c2ccc(Br)o2)c1-c1ccccc1Cl. The number of nitrogens with zero attached hydrogens (tertiary/aromatic N) is 1. The number of aromatic nitrogens is 1. The van der Waals surface area contributed by atoms with Crippen LogP contribution in [0.25, 0.3) is 22.6 Å². The van der Waals surface area contributed by atoms with E-state index in [4.69, 9.17) is 26.3 Å². The molecule has 0 saturated heterocycles. The van der Waals surface area contributed by atoms with Crippen LogP contribution in [-0.4, -0.2) is 5.16 Å². The molecule has 0 radical (unpaired) electrons. The molecule has 0 aliphatic carbocycles. The van der Waals surface area contributed by atoms with E-state index in [1.807, 2.05) is 18.2 Å². The fourth-order valence-electron chi connectivity index (χ4n) is 1.83. The molecule has 2 heterocycles. The number of furan rings is 1. The molecule has 0 saturated carbocycles. The van der Waals surface area contributed by atoms with Crippen molar-refractivity contribution in [3.63, 3.8) is 0 Å². The highest BCUT2D eigenvalue weighted by Crippen LogP contribution is 2.40. The number of benzene rings is 1. The van der Waals surface area contributed by atoms with Gasteiger partial charge in [-0.1, -0.05) is 35.0 Å². The number of hydrogen-bond donors (Lipinski definition) is 1. The molecule has 0 aliphatic heterocycles. The van der Waals surface area contributed by atoms with Crippen LogP contribution in [0.2, 0.25) is 5.02 Å². The molecule has 0 atom stereocenters. The van der Waals surface area contributed by atoms with Gasteiger partial charge in [-0.3, -0.25) is 0 Å². The third-order valence-electron chi connectivity index (χ3n) is 2.66. The summed E-state index contributed by atoms with van der Waals surface area (Å²) >= 11 is 9.43. The zero-order chi connectivity index (χ0) is 13.4. The van der Waals surface area contributed by atoms with E-state index in [0.29, 0.717) is 26.8 Å². The highest BCUT2D eigenvalue weighted by Gasteiger charge is 2.21. The lowest BCUT2D eigenvalue weighted by atomic mass is 10.0. The Bertz CT molecular complexity index is 736. The maximum atomic E-state index is 6.19. The summed E-state index contributed by atoms with van der Waals surface area (Å²) in [6.45, 7) is 0. The van der Waals surface area contributed by atoms with E-state index in [2.05, 4.69) is 21.1 Å². The normalized spacial score (nSPS) is 10.8. The Labute approximate surface area is 122 Å². The first-order valence-corrected chi connectivity index (χ1v) is 6.59. The highest BCUT2D eigenvalue weighted by molar-refractivity contribution is 9.10. The van der Waals surface area contributed by atoms with Crippen molar-refractivity contribution < 1.29 is 8.94 Å². The highest BCUT2D eigenvalue weighted by atomic mass is 79.9. The summed E-state index contributed by atoms with van der Waals surface area (Å²) in [5, 5.41) is 4.36. The Morgan fingerprint density at radius 3 is 2.63 bits per heavy atom. The first-order valence-electron chi connectivity index (χ1n) is 5.42. The molecule has 1 aromatic carbocycles. The summed E-state index contributed by atoms with van der Waals surface area (Å²) in [7, 11) is 0. The van der Waals surface area contributed by atoms with Gasteiger partial charge in [0.05, 0.1) is 5.56 Å². The third-order valence-corrected chi connectivity index (χ3v) is 3.41. The minimum atomic E-state index is 0.274. The van der Waals surface area contributed by atoms with Crippen LogP contribution in [0, 0.1) is 0 Å². The number of halogens is 2. The molecule has 2 aromatic heterocycles. The number of nitrogen functional groups attached to an aromatic ring is 1. The minimum Gasteiger partial charge on any atom is -0.446 e. The third kappa shape index (κ3) is 2.15. The molecular formula is C13H8BrClN2O2. The Hall–Kier alpha value is -1.72. The van der Waals surface area contributed by atoms with Crippen LogP contribution < -0.4 is 5.73 Å². The Morgan fingerprint density at radius 1 is 1.16 bits per heavy atom. The van der Waals surface area contributed by atoms with Crippen LogP contribution in [0.1, 0.15) is 0 Å². The van der Waals surface area contributed by atoms with Gasteiger partial charge in [-0.25, -0.2) is 0 Å². The van der Waals surface area contributed by atoms with Crippen molar-refractivity contribution in [2.45, 2.75) is 0 Å². The summed E-state index contributed by atoms with van der Waals surface area (Å²) in [6, 6.07) is 10.9. The monoisotopic (exact) mass is 338 g/mol. The molecule has 3 rings (SSSR count). The van der Waals surface area contributed by atoms with Gasteiger partial charge in [-0.2, -0.15) is 0 Å². The van der Waals surface area contributed by atoms with Crippen LogP contribution in [-0.2, 0) is 0 Å². The van der Waals surface area contributed by atoms with E-state index in [1.165, 1.54) is 0 Å². The first kappa shape index (κ1) is 12.3. The van der Waals surface area contributed by atoms with Crippen molar-refractivity contribution in [3.8, 4) is 22.6 Å². The second-order valence-electron chi connectivity index (χ2n) is 3.86. The second-order valence-corrected chi connectivity index (χ2v) is 5.04. The van der Waals surface area contributed by atoms with E-state index in [1.54, 1.807) is 18.2 Å². The average molecular weight is 340 g/mol. The topological polar surface area (TPSA) is 65.2 Å². The fourth-order valence-corrected chi connectivity index (χ4v) is 2.37. The predicted octanol–water partition coefficient (Wildman–Crippen LogP) is 4.60. The van der Waals surface area contributed by atoms with Gasteiger partial charge in [-0.15, -0.1) is 0 Å². The van der Waals surface area contributed by atoms with Crippen LogP contribution >= 0.6 is 27.5 Å². The average Bonchev–Trinajstić information content (AvgIpc) is 2.96. The quantitative estimate of drug-likeness (QED) is 0.741. The van der Waals surface area contributed by atoms with Gasteiger partial charge in [0.25, 0.3) is 0 Å². The molecule has 4 nitrogen and oxygen atoms in total. The van der Waals surface area contributed by atoms with E-state index < -0.39 is 0 Å². The maximum absolute atomic E-state index is 6.19. The Balaban J connectivity index is 2.22. The smallest absolute Gasteiger partial charge is 0.212 e. The molecule has 6 heteroatoms. The zero-order valence-corrected chi connectivity index (χ0v) is 11.9. The van der Waals surface area contributed by atoms with Gasteiger partial charge in [0.2, 0.25) is 5.76 Å². The predicted molar refractivity (Wildman–Crippen MR) is 76.8 cm³/mol. The summed E-state index contributed by atoms with van der Waals surface area (Å²) < 4.78 is 11.3. The summed E-state index contributed by atoms with van der Waals surface area (Å²) in [6.07, 6.45) is 0. The lowest BCUT2D eigenvalue weighted by Crippen LogP contribution is -1.89. The van der Waals surface area contributed by atoms with Crippen molar-refractivity contribution in [1.29, 1.82) is 0 Å². The van der Waals surface area contributed by atoms with Crippen molar-refractivity contribution in [2.24, 2.45) is 0 Å². The molecule has 0 unspecified atom stereocenters. The lowest BCUT2D eigenvalue weighted by molar-refractivity contribution is 0.419. The molecular weight excluding hydrogens is 332 g/mol. The molecule has 0 fully saturated rings. The van der Waals surface area contributed by atoms with Gasteiger partial charge >= 0.3 is 0 Å². The Kier molecular flexibility index (Phi) is 3.08. The van der Waals surface area contributed by atoms with E-state index >= 15 is 0 Å². The molecule has 3 aromatic rings. The Morgan fingerprint density at radius 2 is 1.95 bits per heavy atom. The molecule has 0 bridgehead atoms. The number of nitrogens with two attached hydrogens (primary N) is 1. The number of rotatable bonds is 2. The molecule has 19 heavy (non-hydrogen) atoms. The number of hydrogen-bond acceptors (Lipinski definition) is 4. The van der Waals surface area contributed by atoms with Gasteiger partial charge in [-0.05, 0) is 34.1 Å². The van der Waals surface area contributed by atoms with E-state index in [-0.39, 0.29) is 5.82 Å². The molecule has 0 aliphatic rings. The summed E-state index contributed by atoms with van der Waals surface area (Å²) in [5.41, 5.74) is 7.26. The summed E-state index contributed by atoms with van der Waals surface area (Å²) in [4.78, 5) is 0. The van der Waals surface area contributed by atoms with Crippen LogP contribution in [0.15, 0.2) is 50.0 Å². The van der Waals surface area contributed by atoms with Gasteiger partial charge in [0, 0.05) is 10.6 Å². The molecule has 0 amide bonds. The second kappa shape index (κ2) is 4.75. The zero-order valence-electron chi connectivity index (χ0n) is 9.56. The standard InChI is InChI=1S/C13H8BrClN2O2/c14-10-6-5-9(18-10)12-11(13(16)17-19-12)7-3-1-2-4-8(7)15/h1-6H,(H2,16,17). The minimum absolute atomic E-state index is 0.274. The fraction of sp³-hybridized carbons (Fsp3) is 0. The lowest BCUT2D eigenvalue weighted by Gasteiger charge is -2.03. The van der Waals surface area contributed by atoms with E-state index in [9.17, 15) is 0 Å². The van der Waals surface area contributed by atoms with Crippen molar-refractivity contribution in [1.82, 2.24) is 5.16 Å². The molecule has 2 N–H and O–H groups in total. The summed E-state index contributed by atoms with van der Waals surface area (Å²) in [5.74, 6) is 1.26. The largest absolute Gasteiger partial charge is 0.446 e. The van der Waals surface area contributed by atoms with E-state index in [0.717, 1.165) is 5.56 Å². The maximum Gasteiger partial charge on any atom is 0.212 e. The van der Waals surface area contributed by atoms with Crippen LogP contribution in [0.3, 0.4) is 0 Å². The van der Waals surface area contributed by atoms with Crippen molar-refractivity contribution >= 4 is 33.3 Å². The van der Waals surface area contributed by atoms with Gasteiger partial charge in [0.1, 0.15) is 0 Å². The van der Waals surface area contributed by atoms with Gasteiger partial charge < -0.3 is 14.7 Å². The molecule has 96 valence electrons. The van der Waals surface area contributed by atoms with Crippen LogP contribution in [0.5, 0.6) is 0 Å². The van der Waals surface area contributed by atoms with Gasteiger partial charge in [0.15, 0.2) is 16.2 Å². The van der Waals surface area contributed by atoms with Crippen molar-refractivity contribution in [3.05, 3.63) is 46.1 Å². The van der Waals surface area contributed by atoms with Crippen molar-refractivity contribution in [2.75, 3.05) is 5.73 Å². The number of anilines is 1. The molecule has 0 spiro atoms.